The summed E-state index contributed by atoms with van der Waals surface area (Å²) in [4.78, 5) is 0. The summed E-state index contributed by atoms with van der Waals surface area (Å²) in [6.45, 7) is 1.01. The Morgan fingerprint density at radius 1 is 1.44 bits per heavy atom. The van der Waals surface area contributed by atoms with Crippen molar-refractivity contribution in [2.45, 2.75) is 25.3 Å². The largest absolute Gasteiger partial charge is 0.492 e. The van der Waals surface area contributed by atoms with E-state index in [1.54, 1.807) is 6.07 Å². The van der Waals surface area contributed by atoms with Crippen molar-refractivity contribution in [2.24, 2.45) is 0 Å². The molecule has 1 heterocycles. The zero-order valence-corrected chi connectivity index (χ0v) is 10.8. The van der Waals surface area contributed by atoms with Crippen LogP contribution < -0.4 is 10.1 Å². The topological polar surface area (TPSA) is 21.3 Å². The Morgan fingerprint density at radius 2 is 2.25 bits per heavy atom. The highest BCUT2D eigenvalue weighted by Gasteiger charge is 2.18. The van der Waals surface area contributed by atoms with E-state index in [2.05, 4.69) is 21.2 Å². The van der Waals surface area contributed by atoms with Crippen LogP contribution in [-0.2, 0) is 0 Å². The maximum absolute atomic E-state index is 13.7. The van der Waals surface area contributed by atoms with Crippen LogP contribution in [0.1, 0.15) is 30.9 Å². The molecule has 1 aromatic rings. The molecule has 1 aliphatic rings. The second-order valence-corrected chi connectivity index (χ2v) is 4.87. The van der Waals surface area contributed by atoms with E-state index in [9.17, 15) is 4.39 Å². The molecule has 16 heavy (non-hydrogen) atoms. The molecule has 0 spiro atoms. The first kappa shape index (κ1) is 11.9. The molecule has 88 valence electrons. The molecule has 1 fully saturated rings. The van der Waals surface area contributed by atoms with Gasteiger partial charge in [-0.2, -0.15) is 0 Å². The first-order valence-corrected chi connectivity index (χ1v) is 6.28. The van der Waals surface area contributed by atoms with Crippen LogP contribution in [-0.4, -0.2) is 13.7 Å². The average molecular weight is 288 g/mol. The molecule has 1 unspecified atom stereocenters. The van der Waals surface area contributed by atoms with Gasteiger partial charge in [0.15, 0.2) is 11.6 Å². The summed E-state index contributed by atoms with van der Waals surface area (Å²) >= 11 is 3.33. The standard InChI is InChI=1S/C12H15BrFNO/c1-16-12-9(13)6-8(7-10(12)14)11-4-2-3-5-15-11/h6-7,11,15H,2-5H2,1H3. The van der Waals surface area contributed by atoms with E-state index < -0.39 is 0 Å². The highest BCUT2D eigenvalue weighted by atomic mass is 79.9. The Labute approximate surface area is 103 Å². The van der Waals surface area contributed by atoms with Crippen molar-refractivity contribution in [3.63, 3.8) is 0 Å². The van der Waals surface area contributed by atoms with Gasteiger partial charge in [0, 0.05) is 6.04 Å². The zero-order chi connectivity index (χ0) is 11.5. The van der Waals surface area contributed by atoms with E-state index in [0.29, 0.717) is 4.47 Å². The Kier molecular flexibility index (Phi) is 3.82. The number of ether oxygens (including phenoxy) is 1. The number of benzene rings is 1. The molecule has 1 aliphatic heterocycles. The Morgan fingerprint density at radius 3 is 2.81 bits per heavy atom. The summed E-state index contributed by atoms with van der Waals surface area (Å²) in [5, 5.41) is 3.40. The summed E-state index contributed by atoms with van der Waals surface area (Å²) < 4.78 is 19.3. The molecule has 0 aliphatic carbocycles. The van der Waals surface area contributed by atoms with Crippen molar-refractivity contribution in [1.82, 2.24) is 5.32 Å². The number of nitrogens with one attached hydrogen (secondary N) is 1. The highest BCUT2D eigenvalue weighted by Crippen LogP contribution is 2.33. The molecular formula is C12H15BrFNO. The molecule has 1 aromatic carbocycles. The molecule has 0 amide bonds. The van der Waals surface area contributed by atoms with Gasteiger partial charge in [-0.25, -0.2) is 4.39 Å². The predicted molar refractivity (Wildman–Crippen MR) is 65.2 cm³/mol. The van der Waals surface area contributed by atoms with Crippen molar-refractivity contribution in [2.75, 3.05) is 13.7 Å². The summed E-state index contributed by atoms with van der Waals surface area (Å²) in [5.41, 5.74) is 0.991. The lowest BCUT2D eigenvalue weighted by Gasteiger charge is -2.24. The van der Waals surface area contributed by atoms with E-state index in [1.165, 1.54) is 20.0 Å². The zero-order valence-electron chi connectivity index (χ0n) is 9.22. The predicted octanol–water partition coefficient (Wildman–Crippen LogP) is 3.41. The minimum absolute atomic E-state index is 0.269. The summed E-state index contributed by atoms with van der Waals surface area (Å²) in [7, 11) is 1.47. The summed E-state index contributed by atoms with van der Waals surface area (Å²) in [5.74, 6) is -0.0289. The molecule has 4 heteroatoms. The van der Waals surface area contributed by atoms with E-state index in [0.717, 1.165) is 18.5 Å². The van der Waals surface area contributed by atoms with Crippen molar-refractivity contribution < 1.29 is 9.13 Å². The van der Waals surface area contributed by atoms with E-state index >= 15 is 0 Å². The van der Waals surface area contributed by atoms with Crippen LogP contribution in [0.4, 0.5) is 4.39 Å². The Balaban J connectivity index is 2.28. The number of halogens is 2. The fourth-order valence-corrected chi connectivity index (χ4v) is 2.73. The lowest BCUT2D eigenvalue weighted by atomic mass is 9.97. The van der Waals surface area contributed by atoms with E-state index in [1.807, 2.05) is 6.07 Å². The molecule has 0 radical (unpaired) electrons. The van der Waals surface area contributed by atoms with Crippen molar-refractivity contribution in [1.29, 1.82) is 0 Å². The Hall–Kier alpha value is -0.610. The molecule has 0 aromatic heterocycles. The summed E-state index contributed by atoms with van der Waals surface area (Å²) in [6.07, 6.45) is 3.47. The van der Waals surface area contributed by atoms with Crippen LogP contribution in [0.3, 0.4) is 0 Å². The van der Waals surface area contributed by atoms with Gasteiger partial charge in [0.2, 0.25) is 0 Å². The minimum Gasteiger partial charge on any atom is -0.492 e. The lowest BCUT2D eigenvalue weighted by Crippen LogP contribution is -2.26. The third-order valence-corrected chi connectivity index (χ3v) is 3.53. The monoisotopic (exact) mass is 287 g/mol. The molecule has 2 rings (SSSR count). The van der Waals surface area contributed by atoms with Gasteiger partial charge < -0.3 is 10.1 Å². The van der Waals surface area contributed by atoms with Gasteiger partial charge in [-0.1, -0.05) is 6.42 Å². The molecule has 1 atom stereocenters. The Bertz CT molecular complexity index is 354. The van der Waals surface area contributed by atoms with E-state index in [4.69, 9.17) is 4.74 Å². The van der Waals surface area contributed by atoms with Crippen LogP contribution in [0.2, 0.25) is 0 Å². The molecular weight excluding hydrogens is 273 g/mol. The van der Waals surface area contributed by atoms with Gasteiger partial charge in [-0.05, 0) is 53.0 Å². The molecule has 2 nitrogen and oxygen atoms in total. The van der Waals surface area contributed by atoms with Crippen LogP contribution in [0.25, 0.3) is 0 Å². The number of hydrogen-bond acceptors (Lipinski definition) is 2. The van der Waals surface area contributed by atoms with Crippen molar-refractivity contribution in [3.05, 3.63) is 28.0 Å². The first-order chi connectivity index (χ1) is 7.72. The average Bonchev–Trinajstić information content (AvgIpc) is 2.30. The maximum Gasteiger partial charge on any atom is 0.168 e. The number of rotatable bonds is 2. The highest BCUT2D eigenvalue weighted by molar-refractivity contribution is 9.10. The van der Waals surface area contributed by atoms with Gasteiger partial charge >= 0.3 is 0 Å². The van der Waals surface area contributed by atoms with E-state index in [-0.39, 0.29) is 17.6 Å². The van der Waals surface area contributed by atoms with Crippen LogP contribution in [0.15, 0.2) is 16.6 Å². The number of hydrogen-bond donors (Lipinski definition) is 1. The quantitative estimate of drug-likeness (QED) is 0.900. The third kappa shape index (κ3) is 2.38. The minimum atomic E-state index is -0.306. The second-order valence-electron chi connectivity index (χ2n) is 4.02. The van der Waals surface area contributed by atoms with Crippen LogP contribution >= 0.6 is 15.9 Å². The smallest absolute Gasteiger partial charge is 0.168 e. The van der Waals surface area contributed by atoms with Crippen LogP contribution in [0.5, 0.6) is 5.75 Å². The first-order valence-electron chi connectivity index (χ1n) is 5.48. The summed E-state index contributed by atoms with van der Waals surface area (Å²) in [6, 6.07) is 3.77. The fraction of sp³-hybridized carbons (Fsp3) is 0.500. The number of methoxy groups -OCH3 is 1. The SMILES string of the molecule is COc1c(F)cc(C2CCCCN2)cc1Br. The second kappa shape index (κ2) is 5.15. The van der Waals surface area contributed by atoms with Gasteiger partial charge in [0.25, 0.3) is 0 Å². The molecule has 1 N–H and O–H groups in total. The van der Waals surface area contributed by atoms with Crippen LogP contribution in [0, 0.1) is 5.82 Å². The number of piperidine rings is 1. The molecule has 0 bridgehead atoms. The van der Waals surface area contributed by atoms with Gasteiger partial charge in [-0.3, -0.25) is 0 Å². The normalized spacial score (nSPS) is 20.8. The maximum atomic E-state index is 13.7. The van der Waals surface area contributed by atoms with Gasteiger partial charge in [0.05, 0.1) is 11.6 Å². The third-order valence-electron chi connectivity index (χ3n) is 2.94. The van der Waals surface area contributed by atoms with Gasteiger partial charge in [-0.15, -0.1) is 0 Å². The fourth-order valence-electron chi connectivity index (χ4n) is 2.11. The molecule has 0 saturated carbocycles. The van der Waals surface area contributed by atoms with Gasteiger partial charge in [0.1, 0.15) is 0 Å². The van der Waals surface area contributed by atoms with Crippen molar-refractivity contribution in [3.8, 4) is 5.75 Å². The lowest BCUT2D eigenvalue weighted by molar-refractivity contribution is 0.379. The van der Waals surface area contributed by atoms with Crippen molar-refractivity contribution >= 4 is 15.9 Å². The molecule has 1 saturated heterocycles.